The van der Waals surface area contributed by atoms with E-state index in [0.29, 0.717) is 32.7 Å². The Bertz CT molecular complexity index is 425. The molecular formula is C14H18N2O3. The second-order valence-electron chi connectivity index (χ2n) is 4.43. The van der Waals surface area contributed by atoms with Crippen molar-refractivity contribution in [2.75, 3.05) is 31.6 Å². The van der Waals surface area contributed by atoms with Gasteiger partial charge in [0.15, 0.2) is 0 Å². The van der Waals surface area contributed by atoms with Gasteiger partial charge in [-0.25, -0.2) is 4.79 Å². The van der Waals surface area contributed by atoms with Crippen molar-refractivity contribution in [2.45, 2.75) is 12.8 Å². The number of amides is 2. The summed E-state index contributed by atoms with van der Waals surface area (Å²) in [7, 11) is 0. The maximum atomic E-state index is 11.9. The number of benzene rings is 1. The smallest absolute Gasteiger partial charge is 0.321 e. The lowest BCUT2D eigenvalue weighted by Gasteiger charge is -2.26. The number of morpholine rings is 1. The molecule has 1 heterocycles. The fourth-order valence-corrected chi connectivity index (χ4v) is 1.95. The zero-order chi connectivity index (χ0) is 13.5. The lowest BCUT2D eigenvalue weighted by Crippen LogP contribution is -2.43. The summed E-state index contributed by atoms with van der Waals surface area (Å²) >= 11 is 0. The van der Waals surface area contributed by atoms with Gasteiger partial charge in [-0.05, 0) is 24.1 Å². The lowest BCUT2D eigenvalue weighted by molar-refractivity contribution is -0.107. The number of nitrogens with one attached hydrogen (secondary N) is 1. The minimum Gasteiger partial charge on any atom is -0.378 e. The minimum absolute atomic E-state index is 0.0936. The van der Waals surface area contributed by atoms with Crippen molar-refractivity contribution in [1.29, 1.82) is 0 Å². The summed E-state index contributed by atoms with van der Waals surface area (Å²) in [5, 5.41) is 2.86. The number of rotatable bonds is 4. The van der Waals surface area contributed by atoms with E-state index in [1.54, 1.807) is 4.90 Å². The molecular weight excluding hydrogens is 244 g/mol. The highest BCUT2D eigenvalue weighted by Gasteiger charge is 2.16. The topological polar surface area (TPSA) is 58.6 Å². The molecule has 1 saturated heterocycles. The first-order valence-corrected chi connectivity index (χ1v) is 6.46. The van der Waals surface area contributed by atoms with Crippen LogP contribution < -0.4 is 5.32 Å². The third-order valence-electron chi connectivity index (χ3n) is 3.05. The van der Waals surface area contributed by atoms with Crippen molar-refractivity contribution in [3.8, 4) is 0 Å². The number of ether oxygens (including phenoxy) is 1. The molecule has 5 nitrogen and oxygen atoms in total. The van der Waals surface area contributed by atoms with Gasteiger partial charge in [0, 0.05) is 25.2 Å². The number of hydrogen-bond acceptors (Lipinski definition) is 3. The molecule has 1 aliphatic heterocycles. The Kier molecular flexibility index (Phi) is 4.92. The predicted octanol–water partition coefficient (Wildman–Crippen LogP) is 1.68. The standard InChI is InChI=1S/C14H18N2O3/c17-9-1-2-12-3-5-13(6-4-12)15-14(18)16-7-10-19-11-8-16/h3-6,9H,1-2,7-8,10-11H2,(H,15,18). The molecule has 102 valence electrons. The van der Waals surface area contributed by atoms with Crippen LogP contribution in [0.5, 0.6) is 0 Å². The summed E-state index contributed by atoms with van der Waals surface area (Å²) in [5.41, 5.74) is 1.86. The molecule has 0 spiro atoms. The first-order valence-electron chi connectivity index (χ1n) is 6.46. The Hall–Kier alpha value is -1.88. The molecule has 0 saturated carbocycles. The summed E-state index contributed by atoms with van der Waals surface area (Å²) in [4.78, 5) is 24.0. The summed E-state index contributed by atoms with van der Waals surface area (Å²) in [6.45, 7) is 2.45. The molecule has 0 unspecified atom stereocenters. The van der Waals surface area contributed by atoms with E-state index in [2.05, 4.69) is 5.32 Å². The molecule has 1 aromatic rings. The second kappa shape index (κ2) is 6.89. The summed E-state index contributed by atoms with van der Waals surface area (Å²) < 4.78 is 5.20. The first kappa shape index (κ1) is 13.5. The summed E-state index contributed by atoms with van der Waals surface area (Å²) in [5.74, 6) is 0. The van der Waals surface area contributed by atoms with E-state index in [0.717, 1.165) is 24.0 Å². The number of aldehydes is 1. The number of aryl methyl sites for hydroxylation is 1. The van der Waals surface area contributed by atoms with Gasteiger partial charge >= 0.3 is 6.03 Å². The van der Waals surface area contributed by atoms with Crippen LogP contribution in [0.1, 0.15) is 12.0 Å². The van der Waals surface area contributed by atoms with Gasteiger partial charge in [-0.3, -0.25) is 0 Å². The van der Waals surface area contributed by atoms with Gasteiger partial charge in [-0.15, -0.1) is 0 Å². The van der Waals surface area contributed by atoms with Crippen molar-refractivity contribution in [2.24, 2.45) is 0 Å². The number of anilines is 1. The van der Waals surface area contributed by atoms with Crippen LogP contribution in [0.3, 0.4) is 0 Å². The van der Waals surface area contributed by atoms with E-state index < -0.39 is 0 Å². The van der Waals surface area contributed by atoms with Crippen LogP contribution in [0.2, 0.25) is 0 Å². The molecule has 1 aliphatic rings. The van der Waals surface area contributed by atoms with Gasteiger partial charge < -0.3 is 19.7 Å². The number of nitrogens with zero attached hydrogens (tertiary/aromatic N) is 1. The van der Waals surface area contributed by atoms with Crippen molar-refractivity contribution >= 4 is 18.0 Å². The van der Waals surface area contributed by atoms with Gasteiger partial charge in [0.2, 0.25) is 0 Å². The average Bonchev–Trinajstić information content (AvgIpc) is 2.47. The molecule has 19 heavy (non-hydrogen) atoms. The average molecular weight is 262 g/mol. The largest absolute Gasteiger partial charge is 0.378 e. The van der Waals surface area contributed by atoms with Crippen molar-refractivity contribution in [1.82, 2.24) is 4.90 Å². The van der Waals surface area contributed by atoms with Crippen LogP contribution in [0.25, 0.3) is 0 Å². The lowest BCUT2D eigenvalue weighted by atomic mass is 10.1. The van der Waals surface area contributed by atoms with E-state index >= 15 is 0 Å². The van der Waals surface area contributed by atoms with E-state index in [1.807, 2.05) is 24.3 Å². The Morgan fingerprint density at radius 2 is 1.95 bits per heavy atom. The van der Waals surface area contributed by atoms with Gasteiger partial charge in [-0.1, -0.05) is 12.1 Å². The van der Waals surface area contributed by atoms with Gasteiger partial charge in [0.1, 0.15) is 6.29 Å². The van der Waals surface area contributed by atoms with Crippen LogP contribution in [-0.4, -0.2) is 43.5 Å². The minimum atomic E-state index is -0.0936. The molecule has 5 heteroatoms. The molecule has 0 radical (unpaired) electrons. The Labute approximate surface area is 112 Å². The fourth-order valence-electron chi connectivity index (χ4n) is 1.95. The van der Waals surface area contributed by atoms with Crippen LogP contribution >= 0.6 is 0 Å². The highest BCUT2D eigenvalue weighted by Crippen LogP contribution is 2.12. The van der Waals surface area contributed by atoms with Gasteiger partial charge in [0.25, 0.3) is 0 Å². The normalized spacial score (nSPS) is 15.1. The van der Waals surface area contributed by atoms with Gasteiger partial charge in [-0.2, -0.15) is 0 Å². The molecule has 2 rings (SSSR count). The van der Waals surface area contributed by atoms with E-state index in [4.69, 9.17) is 4.74 Å². The quantitative estimate of drug-likeness (QED) is 0.840. The van der Waals surface area contributed by atoms with E-state index in [9.17, 15) is 9.59 Å². The summed E-state index contributed by atoms with van der Waals surface area (Å²) in [6.07, 6.45) is 2.18. The molecule has 0 aromatic heterocycles. The highest BCUT2D eigenvalue weighted by atomic mass is 16.5. The Morgan fingerprint density at radius 3 is 2.58 bits per heavy atom. The zero-order valence-corrected chi connectivity index (χ0v) is 10.8. The number of carbonyl (C=O) groups is 2. The monoisotopic (exact) mass is 262 g/mol. The van der Waals surface area contributed by atoms with E-state index in [-0.39, 0.29) is 6.03 Å². The van der Waals surface area contributed by atoms with Crippen LogP contribution in [0.4, 0.5) is 10.5 Å². The number of carbonyl (C=O) groups excluding carboxylic acids is 2. The maximum Gasteiger partial charge on any atom is 0.321 e. The van der Waals surface area contributed by atoms with Crippen LogP contribution in [0.15, 0.2) is 24.3 Å². The number of urea groups is 1. The van der Waals surface area contributed by atoms with Crippen molar-refractivity contribution < 1.29 is 14.3 Å². The SMILES string of the molecule is O=CCCc1ccc(NC(=O)N2CCOCC2)cc1. The van der Waals surface area contributed by atoms with E-state index in [1.165, 1.54) is 0 Å². The molecule has 1 N–H and O–H groups in total. The van der Waals surface area contributed by atoms with Crippen molar-refractivity contribution in [3.05, 3.63) is 29.8 Å². The van der Waals surface area contributed by atoms with Crippen LogP contribution in [-0.2, 0) is 16.0 Å². The molecule has 0 atom stereocenters. The Morgan fingerprint density at radius 1 is 1.26 bits per heavy atom. The van der Waals surface area contributed by atoms with Gasteiger partial charge in [0.05, 0.1) is 13.2 Å². The zero-order valence-electron chi connectivity index (χ0n) is 10.8. The summed E-state index contributed by atoms with van der Waals surface area (Å²) in [6, 6.07) is 7.48. The molecule has 0 bridgehead atoms. The molecule has 1 fully saturated rings. The fraction of sp³-hybridized carbons (Fsp3) is 0.429. The third-order valence-corrected chi connectivity index (χ3v) is 3.05. The third kappa shape index (κ3) is 4.06. The maximum absolute atomic E-state index is 11.9. The number of hydrogen-bond donors (Lipinski definition) is 1. The molecule has 0 aliphatic carbocycles. The van der Waals surface area contributed by atoms with Crippen LogP contribution in [0, 0.1) is 0 Å². The molecule has 1 aromatic carbocycles. The Balaban J connectivity index is 1.87. The molecule has 2 amide bonds. The first-order chi connectivity index (χ1) is 9.29. The second-order valence-corrected chi connectivity index (χ2v) is 4.43. The van der Waals surface area contributed by atoms with Crippen molar-refractivity contribution in [3.63, 3.8) is 0 Å². The predicted molar refractivity (Wildman–Crippen MR) is 72.2 cm³/mol. The highest BCUT2D eigenvalue weighted by molar-refractivity contribution is 5.89.